The average molecular weight is 456 g/mol. The van der Waals surface area contributed by atoms with Gasteiger partial charge in [0.25, 0.3) is 5.56 Å². The molecule has 3 aromatic rings. The highest BCUT2D eigenvalue weighted by Crippen LogP contribution is 2.34. The summed E-state index contributed by atoms with van der Waals surface area (Å²) in [4.78, 5) is 32.7. The smallest absolute Gasteiger partial charge is 0.263 e. The first-order chi connectivity index (χ1) is 15.0. The van der Waals surface area contributed by atoms with Crippen LogP contribution in [0.3, 0.4) is 0 Å². The summed E-state index contributed by atoms with van der Waals surface area (Å²) in [7, 11) is 1.57. The van der Waals surface area contributed by atoms with E-state index in [1.807, 2.05) is 25.1 Å². The Hall–Kier alpha value is -2.58. The van der Waals surface area contributed by atoms with Crippen LogP contribution in [0, 0.1) is 6.92 Å². The van der Waals surface area contributed by atoms with Crippen molar-refractivity contribution in [2.24, 2.45) is 0 Å². The lowest BCUT2D eigenvalue weighted by Crippen LogP contribution is -2.24. The molecule has 1 aliphatic rings. The molecule has 0 aliphatic heterocycles. The molecular formula is C23H25N3O3S2. The fourth-order valence-corrected chi connectivity index (χ4v) is 5.97. The van der Waals surface area contributed by atoms with Gasteiger partial charge in [0.05, 0.1) is 23.9 Å². The summed E-state index contributed by atoms with van der Waals surface area (Å²) in [6.45, 7) is 6.10. The number of fused-ring (bicyclic) bond motifs is 3. The lowest BCUT2D eigenvalue weighted by atomic mass is 9.97. The first kappa shape index (κ1) is 21.6. The average Bonchev–Trinajstić information content (AvgIpc) is 3.13. The number of amides is 1. The Morgan fingerprint density at radius 1 is 1.39 bits per heavy atom. The van der Waals surface area contributed by atoms with Crippen molar-refractivity contribution in [3.05, 3.63) is 57.2 Å². The molecule has 162 valence electrons. The minimum absolute atomic E-state index is 0.0347. The van der Waals surface area contributed by atoms with Gasteiger partial charge in [-0.25, -0.2) is 4.98 Å². The maximum absolute atomic E-state index is 13.3. The molecule has 8 heteroatoms. The minimum Gasteiger partial charge on any atom is -0.495 e. The summed E-state index contributed by atoms with van der Waals surface area (Å²) in [6.07, 6.45) is 5.91. The van der Waals surface area contributed by atoms with Crippen LogP contribution >= 0.6 is 23.1 Å². The third-order valence-corrected chi connectivity index (χ3v) is 7.48. The summed E-state index contributed by atoms with van der Waals surface area (Å²) in [5.41, 5.74) is 2.79. The van der Waals surface area contributed by atoms with Gasteiger partial charge in [-0.3, -0.25) is 14.2 Å². The SMILES string of the molecule is C=CCn1c(SCC(=O)Nc2cc(C)ccc2OC)nc2sc3c(c2c1=O)CCCC3. The molecule has 2 aromatic heterocycles. The van der Waals surface area contributed by atoms with Crippen molar-refractivity contribution >= 4 is 44.9 Å². The predicted octanol–water partition coefficient (Wildman–Crippen LogP) is 4.57. The molecule has 0 bridgehead atoms. The number of aryl methyl sites for hydroxylation is 3. The van der Waals surface area contributed by atoms with Gasteiger partial charge in [-0.15, -0.1) is 17.9 Å². The number of thioether (sulfide) groups is 1. The van der Waals surface area contributed by atoms with Crippen LogP contribution in [0.5, 0.6) is 5.75 Å². The number of carbonyl (C=O) groups is 1. The molecule has 0 saturated heterocycles. The van der Waals surface area contributed by atoms with Crippen LogP contribution in [0.1, 0.15) is 28.8 Å². The Balaban J connectivity index is 1.60. The molecule has 1 N–H and O–H groups in total. The van der Waals surface area contributed by atoms with Crippen molar-refractivity contribution in [3.8, 4) is 5.75 Å². The lowest BCUT2D eigenvalue weighted by molar-refractivity contribution is -0.113. The Labute approximate surface area is 189 Å². The van der Waals surface area contributed by atoms with Crippen LogP contribution in [0.4, 0.5) is 5.69 Å². The third-order valence-electron chi connectivity index (χ3n) is 5.31. The zero-order valence-electron chi connectivity index (χ0n) is 17.7. The van der Waals surface area contributed by atoms with Crippen LogP contribution < -0.4 is 15.6 Å². The van der Waals surface area contributed by atoms with Crippen molar-refractivity contribution in [2.75, 3.05) is 18.2 Å². The molecule has 1 aliphatic carbocycles. The summed E-state index contributed by atoms with van der Waals surface area (Å²) < 4.78 is 6.96. The normalized spacial score (nSPS) is 13.1. The minimum atomic E-state index is -0.182. The highest BCUT2D eigenvalue weighted by molar-refractivity contribution is 7.99. The van der Waals surface area contributed by atoms with Crippen LogP contribution in [-0.2, 0) is 24.2 Å². The number of nitrogens with one attached hydrogen (secondary N) is 1. The van der Waals surface area contributed by atoms with E-state index in [4.69, 9.17) is 9.72 Å². The number of nitrogens with zero attached hydrogens (tertiary/aromatic N) is 2. The Morgan fingerprint density at radius 2 is 2.19 bits per heavy atom. The van der Waals surface area contributed by atoms with Gasteiger partial charge in [0, 0.05) is 11.4 Å². The standard InChI is InChI=1S/C23H25N3O3S2/c1-4-11-26-22(28)20-15-7-5-6-8-18(15)31-21(20)25-23(26)30-13-19(27)24-16-12-14(2)9-10-17(16)29-3/h4,9-10,12H,1,5-8,11,13H2,2-3H3,(H,24,27). The van der Waals surface area contributed by atoms with Crippen molar-refractivity contribution < 1.29 is 9.53 Å². The number of methoxy groups -OCH3 is 1. The van der Waals surface area contributed by atoms with E-state index >= 15 is 0 Å². The topological polar surface area (TPSA) is 73.2 Å². The molecule has 4 rings (SSSR count). The number of hydrogen-bond donors (Lipinski definition) is 1. The number of anilines is 1. The molecule has 0 atom stereocenters. The first-order valence-electron chi connectivity index (χ1n) is 10.2. The molecule has 2 heterocycles. The van der Waals surface area contributed by atoms with E-state index in [2.05, 4.69) is 11.9 Å². The number of carbonyl (C=O) groups excluding carboxylic acids is 1. The zero-order chi connectivity index (χ0) is 22.0. The van der Waals surface area contributed by atoms with E-state index in [1.165, 1.54) is 22.2 Å². The van der Waals surface area contributed by atoms with Gasteiger partial charge >= 0.3 is 0 Å². The molecule has 0 spiro atoms. The fraction of sp³-hybridized carbons (Fsp3) is 0.348. The largest absolute Gasteiger partial charge is 0.495 e. The summed E-state index contributed by atoms with van der Waals surface area (Å²) in [5.74, 6) is 0.562. The molecule has 6 nitrogen and oxygen atoms in total. The number of benzene rings is 1. The second-order valence-corrected chi connectivity index (χ2v) is 9.56. The van der Waals surface area contributed by atoms with Crippen LogP contribution in [0.2, 0.25) is 0 Å². The monoisotopic (exact) mass is 455 g/mol. The third kappa shape index (κ3) is 4.41. The highest BCUT2D eigenvalue weighted by atomic mass is 32.2. The van der Waals surface area contributed by atoms with E-state index in [0.717, 1.165) is 41.5 Å². The van der Waals surface area contributed by atoms with E-state index in [0.29, 0.717) is 23.1 Å². The number of aromatic nitrogens is 2. The van der Waals surface area contributed by atoms with Gasteiger partial charge in [-0.2, -0.15) is 0 Å². The van der Waals surface area contributed by atoms with Gasteiger partial charge in [0.15, 0.2) is 5.16 Å². The number of hydrogen-bond acceptors (Lipinski definition) is 6. The van der Waals surface area contributed by atoms with E-state index < -0.39 is 0 Å². The molecule has 0 fully saturated rings. The maximum Gasteiger partial charge on any atom is 0.263 e. The number of thiophene rings is 1. The van der Waals surface area contributed by atoms with Crippen LogP contribution in [-0.4, -0.2) is 28.3 Å². The Kier molecular flexibility index (Phi) is 6.48. The van der Waals surface area contributed by atoms with Crippen molar-refractivity contribution in [2.45, 2.75) is 44.3 Å². The van der Waals surface area contributed by atoms with Gasteiger partial charge in [0.2, 0.25) is 5.91 Å². The highest BCUT2D eigenvalue weighted by Gasteiger charge is 2.22. The van der Waals surface area contributed by atoms with E-state index in [-0.39, 0.29) is 17.2 Å². The quantitative estimate of drug-likeness (QED) is 0.321. The van der Waals surface area contributed by atoms with Gasteiger partial charge < -0.3 is 10.1 Å². The molecule has 1 aromatic carbocycles. The zero-order valence-corrected chi connectivity index (χ0v) is 19.3. The maximum atomic E-state index is 13.3. The fourth-order valence-electron chi connectivity index (χ4n) is 3.86. The Morgan fingerprint density at radius 3 is 2.97 bits per heavy atom. The lowest BCUT2D eigenvalue weighted by Gasteiger charge is -2.13. The van der Waals surface area contributed by atoms with Crippen molar-refractivity contribution in [3.63, 3.8) is 0 Å². The molecule has 0 saturated carbocycles. The first-order valence-corrected chi connectivity index (χ1v) is 12.0. The molecule has 0 unspecified atom stereocenters. The number of rotatable bonds is 7. The summed E-state index contributed by atoms with van der Waals surface area (Å²) in [6, 6.07) is 5.63. The number of allylic oxidation sites excluding steroid dienone is 1. The van der Waals surface area contributed by atoms with Crippen molar-refractivity contribution in [1.29, 1.82) is 0 Å². The second kappa shape index (κ2) is 9.28. The molecule has 0 radical (unpaired) electrons. The number of ether oxygens (including phenoxy) is 1. The summed E-state index contributed by atoms with van der Waals surface area (Å²) >= 11 is 2.88. The predicted molar refractivity (Wildman–Crippen MR) is 128 cm³/mol. The Bertz CT molecular complexity index is 1210. The van der Waals surface area contributed by atoms with Crippen LogP contribution in [0.25, 0.3) is 10.2 Å². The van der Waals surface area contributed by atoms with Gasteiger partial charge in [0.1, 0.15) is 10.6 Å². The van der Waals surface area contributed by atoms with Gasteiger partial charge in [-0.05, 0) is 55.9 Å². The van der Waals surface area contributed by atoms with E-state index in [9.17, 15) is 9.59 Å². The van der Waals surface area contributed by atoms with E-state index in [1.54, 1.807) is 29.1 Å². The van der Waals surface area contributed by atoms with Crippen LogP contribution in [0.15, 0.2) is 40.8 Å². The van der Waals surface area contributed by atoms with Gasteiger partial charge in [-0.1, -0.05) is 23.9 Å². The van der Waals surface area contributed by atoms with Crippen molar-refractivity contribution in [1.82, 2.24) is 9.55 Å². The molecule has 1 amide bonds. The molecular weight excluding hydrogens is 430 g/mol. The molecule has 31 heavy (non-hydrogen) atoms. The second-order valence-electron chi connectivity index (χ2n) is 7.53. The summed E-state index contributed by atoms with van der Waals surface area (Å²) in [5, 5.41) is 4.19.